The molecular formula is C22H36FN5O2. The zero-order chi connectivity index (χ0) is 21.9. The molecule has 0 saturated heterocycles. The summed E-state index contributed by atoms with van der Waals surface area (Å²) in [6, 6.07) is -0.290. The van der Waals surface area contributed by atoms with Crippen LogP contribution in [-0.4, -0.2) is 46.0 Å². The lowest BCUT2D eigenvalue weighted by atomic mass is 10.1. The number of fused-ring (bicyclic) bond motifs is 1. The summed E-state index contributed by atoms with van der Waals surface area (Å²) in [4.78, 5) is 12.7. The van der Waals surface area contributed by atoms with Crippen molar-refractivity contribution in [3.63, 3.8) is 0 Å². The quantitative estimate of drug-likeness (QED) is 0.439. The van der Waals surface area contributed by atoms with Crippen LogP contribution >= 0.6 is 0 Å². The molecule has 0 bridgehead atoms. The highest BCUT2D eigenvalue weighted by Gasteiger charge is 2.36. The number of imidazole rings is 1. The van der Waals surface area contributed by atoms with Gasteiger partial charge in [-0.15, -0.1) is 0 Å². The van der Waals surface area contributed by atoms with E-state index in [9.17, 15) is 4.39 Å². The van der Waals surface area contributed by atoms with Crippen LogP contribution in [0.5, 0.6) is 0 Å². The summed E-state index contributed by atoms with van der Waals surface area (Å²) in [5, 5.41) is 0. The van der Waals surface area contributed by atoms with Crippen molar-refractivity contribution < 1.29 is 13.9 Å². The number of rotatable bonds is 10. The summed E-state index contributed by atoms with van der Waals surface area (Å²) < 4.78 is 26.2. The number of aromatic nitrogens is 4. The topological polar surface area (TPSA) is 88.1 Å². The van der Waals surface area contributed by atoms with Crippen LogP contribution in [0.25, 0.3) is 11.2 Å². The number of halogens is 1. The molecule has 2 heterocycles. The third-order valence-corrected chi connectivity index (χ3v) is 5.37. The molecule has 1 saturated carbocycles. The first-order valence-corrected chi connectivity index (χ1v) is 10.8. The Morgan fingerprint density at radius 2 is 2.03 bits per heavy atom. The second kappa shape index (κ2) is 12.5. The van der Waals surface area contributed by atoms with Gasteiger partial charge in [-0.3, -0.25) is 0 Å². The highest BCUT2D eigenvalue weighted by atomic mass is 19.1. The maximum atomic E-state index is 14.4. The van der Waals surface area contributed by atoms with Crippen molar-refractivity contribution in [3.8, 4) is 0 Å². The lowest BCUT2D eigenvalue weighted by Gasteiger charge is -2.15. The second-order valence-corrected chi connectivity index (χ2v) is 7.81. The Morgan fingerprint density at radius 1 is 1.27 bits per heavy atom. The van der Waals surface area contributed by atoms with Gasteiger partial charge in [0, 0.05) is 13.7 Å². The molecule has 0 aromatic carbocycles. The van der Waals surface area contributed by atoms with E-state index in [1.54, 1.807) is 24.9 Å². The highest BCUT2D eigenvalue weighted by Crippen LogP contribution is 2.38. The molecule has 1 fully saturated rings. The molecule has 2 aromatic rings. The Morgan fingerprint density at radius 3 is 2.73 bits per heavy atom. The molecule has 7 nitrogen and oxygen atoms in total. The second-order valence-electron chi connectivity index (χ2n) is 7.81. The number of anilines is 1. The van der Waals surface area contributed by atoms with Crippen molar-refractivity contribution in [2.75, 3.05) is 26.1 Å². The number of alkyl halides is 1. The average molecular weight is 422 g/mol. The van der Waals surface area contributed by atoms with Gasteiger partial charge in [0.1, 0.15) is 17.5 Å². The SMILES string of the molecule is C=COCC1CC(F)C(n2cnc3c(N)nc(C)nc32)C1.CCCCCCCOC. The number of nitrogens with two attached hydrogens (primary N) is 1. The zero-order valence-corrected chi connectivity index (χ0v) is 18.5. The number of nitrogens with zero attached hydrogens (tertiary/aromatic N) is 4. The van der Waals surface area contributed by atoms with Gasteiger partial charge in [0.15, 0.2) is 11.5 Å². The summed E-state index contributed by atoms with van der Waals surface area (Å²) in [6.45, 7) is 8.92. The van der Waals surface area contributed by atoms with E-state index >= 15 is 0 Å². The van der Waals surface area contributed by atoms with Crippen LogP contribution in [0, 0.1) is 12.8 Å². The number of hydrogen-bond donors (Lipinski definition) is 1. The van der Waals surface area contributed by atoms with E-state index in [-0.39, 0.29) is 12.0 Å². The minimum Gasteiger partial charge on any atom is -0.502 e. The maximum Gasteiger partial charge on any atom is 0.166 e. The van der Waals surface area contributed by atoms with Gasteiger partial charge in [-0.2, -0.15) is 0 Å². The molecule has 168 valence electrons. The normalized spacial score (nSPS) is 20.7. The number of hydrogen-bond acceptors (Lipinski definition) is 6. The fraction of sp³-hybridized carbons (Fsp3) is 0.682. The largest absolute Gasteiger partial charge is 0.502 e. The first kappa shape index (κ1) is 24.1. The molecule has 3 unspecified atom stereocenters. The molecule has 8 heteroatoms. The molecule has 30 heavy (non-hydrogen) atoms. The van der Waals surface area contributed by atoms with Gasteiger partial charge in [-0.05, 0) is 32.1 Å². The van der Waals surface area contributed by atoms with Crippen LogP contribution in [0.3, 0.4) is 0 Å². The van der Waals surface area contributed by atoms with Gasteiger partial charge in [0.05, 0.1) is 25.2 Å². The molecule has 3 atom stereocenters. The average Bonchev–Trinajstić information content (AvgIpc) is 3.30. The fourth-order valence-electron chi connectivity index (χ4n) is 3.83. The first-order chi connectivity index (χ1) is 14.5. The Hall–Kier alpha value is -2.22. The Bertz CT molecular complexity index is 776. The predicted molar refractivity (Wildman–Crippen MR) is 118 cm³/mol. The zero-order valence-electron chi connectivity index (χ0n) is 18.5. The molecule has 3 rings (SSSR count). The third kappa shape index (κ3) is 6.65. The van der Waals surface area contributed by atoms with Crippen molar-refractivity contribution in [3.05, 3.63) is 25.0 Å². The van der Waals surface area contributed by atoms with Gasteiger partial charge >= 0.3 is 0 Å². The molecule has 0 spiro atoms. The molecule has 0 radical (unpaired) electrons. The molecule has 0 amide bonds. The summed E-state index contributed by atoms with van der Waals surface area (Å²) in [5.41, 5.74) is 6.97. The monoisotopic (exact) mass is 421 g/mol. The van der Waals surface area contributed by atoms with Gasteiger partial charge < -0.3 is 19.8 Å². The van der Waals surface area contributed by atoms with Crippen LogP contribution in [0.1, 0.15) is 63.7 Å². The molecule has 0 aliphatic heterocycles. The molecule has 2 N–H and O–H groups in total. The van der Waals surface area contributed by atoms with E-state index in [0.717, 1.165) is 6.61 Å². The van der Waals surface area contributed by atoms with E-state index in [4.69, 9.17) is 15.2 Å². The number of aryl methyl sites for hydroxylation is 1. The molecule has 1 aliphatic rings. The Balaban J connectivity index is 0.000000303. The number of unbranched alkanes of at least 4 members (excludes halogenated alkanes) is 4. The van der Waals surface area contributed by atoms with E-state index in [1.165, 1.54) is 38.4 Å². The van der Waals surface area contributed by atoms with Gasteiger partial charge in [-0.25, -0.2) is 19.3 Å². The van der Waals surface area contributed by atoms with Crippen molar-refractivity contribution in [2.45, 2.75) is 71.0 Å². The third-order valence-electron chi connectivity index (χ3n) is 5.37. The van der Waals surface area contributed by atoms with Crippen LogP contribution in [0.15, 0.2) is 19.2 Å². The smallest absolute Gasteiger partial charge is 0.166 e. The van der Waals surface area contributed by atoms with Gasteiger partial charge in [0.25, 0.3) is 0 Å². The number of methoxy groups -OCH3 is 1. The van der Waals surface area contributed by atoms with E-state index in [1.807, 2.05) is 0 Å². The summed E-state index contributed by atoms with van der Waals surface area (Å²) >= 11 is 0. The van der Waals surface area contributed by atoms with E-state index in [2.05, 4.69) is 28.5 Å². The molecular weight excluding hydrogens is 385 g/mol. The van der Waals surface area contributed by atoms with Crippen molar-refractivity contribution in [1.29, 1.82) is 0 Å². The van der Waals surface area contributed by atoms with Crippen LogP contribution in [0.2, 0.25) is 0 Å². The molecule has 2 aromatic heterocycles. The fourth-order valence-corrected chi connectivity index (χ4v) is 3.83. The minimum absolute atomic E-state index is 0.167. The van der Waals surface area contributed by atoms with Gasteiger partial charge in [0.2, 0.25) is 0 Å². The van der Waals surface area contributed by atoms with Crippen LogP contribution in [-0.2, 0) is 9.47 Å². The Kier molecular flexibility index (Phi) is 10.00. The Labute approximate surface area is 178 Å². The van der Waals surface area contributed by atoms with Crippen LogP contribution < -0.4 is 5.73 Å². The number of ether oxygens (including phenoxy) is 2. The van der Waals surface area contributed by atoms with Crippen LogP contribution in [0.4, 0.5) is 10.2 Å². The first-order valence-electron chi connectivity index (χ1n) is 10.8. The van der Waals surface area contributed by atoms with Crippen molar-refractivity contribution in [2.24, 2.45) is 5.92 Å². The minimum atomic E-state index is -0.947. The highest BCUT2D eigenvalue weighted by molar-refractivity contribution is 5.81. The summed E-state index contributed by atoms with van der Waals surface area (Å²) in [6.07, 6.45) is 9.85. The van der Waals surface area contributed by atoms with Gasteiger partial charge in [-0.1, -0.05) is 39.2 Å². The van der Waals surface area contributed by atoms with Crippen molar-refractivity contribution in [1.82, 2.24) is 19.5 Å². The lowest BCUT2D eigenvalue weighted by molar-refractivity contribution is 0.191. The standard InChI is InChI=1S/C14H18FN5O.C8H18O/c1-3-21-6-9-4-10(15)11(5-9)20-7-17-12-13(16)18-8(2)19-14(12)20;1-3-4-5-6-7-8-9-2/h3,7,9-11H,1,4-6H2,2H3,(H2,16,18,19);3-8H2,1-2H3. The van der Waals surface area contributed by atoms with E-state index in [0.29, 0.717) is 42.3 Å². The lowest BCUT2D eigenvalue weighted by Crippen LogP contribution is -2.14. The number of nitrogen functional groups attached to an aromatic ring is 1. The van der Waals surface area contributed by atoms with Crippen molar-refractivity contribution >= 4 is 17.0 Å². The summed E-state index contributed by atoms with van der Waals surface area (Å²) in [5.74, 6) is 1.05. The molecule has 1 aliphatic carbocycles. The summed E-state index contributed by atoms with van der Waals surface area (Å²) in [7, 11) is 1.76. The predicted octanol–water partition coefficient (Wildman–Crippen LogP) is 4.77. The van der Waals surface area contributed by atoms with E-state index < -0.39 is 6.17 Å². The maximum absolute atomic E-state index is 14.4.